The Hall–Kier alpha value is -0.950. The number of hydrogen-bond donors (Lipinski definition) is 0. The fourth-order valence-corrected chi connectivity index (χ4v) is 3.19. The summed E-state index contributed by atoms with van der Waals surface area (Å²) in [6.45, 7) is 0. The maximum Gasteiger partial charge on any atom is 0.534 e. The van der Waals surface area contributed by atoms with Crippen LogP contribution in [0.25, 0.3) is 0 Å². The fraction of sp³-hybridized carbons (Fsp3) is 0.538. The van der Waals surface area contributed by atoms with Gasteiger partial charge in [-0.05, 0) is 36.5 Å². The zero-order valence-electron chi connectivity index (χ0n) is 11.0. The molecule has 1 aromatic rings. The van der Waals surface area contributed by atoms with Crippen LogP contribution in [-0.4, -0.2) is 13.9 Å². The van der Waals surface area contributed by atoms with Gasteiger partial charge in [0, 0.05) is 0 Å². The number of alkyl halides is 3. The summed E-state index contributed by atoms with van der Waals surface area (Å²) < 4.78 is 62.8. The van der Waals surface area contributed by atoms with Crippen molar-refractivity contribution in [3.05, 3.63) is 28.8 Å². The van der Waals surface area contributed by atoms with Crippen molar-refractivity contribution in [2.45, 2.75) is 43.5 Å². The van der Waals surface area contributed by atoms with Gasteiger partial charge in [0.25, 0.3) is 0 Å². The lowest BCUT2D eigenvalue weighted by atomic mass is 9.84. The van der Waals surface area contributed by atoms with E-state index in [4.69, 9.17) is 11.6 Å². The second-order valence-electron chi connectivity index (χ2n) is 5.01. The van der Waals surface area contributed by atoms with Crippen LogP contribution in [0.1, 0.15) is 43.6 Å². The van der Waals surface area contributed by atoms with E-state index < -0.39 is 21.4 Å². The molecule has 1 aromatic carbocycles. The summed E-state index contributed by atoms with van der Waals surface area (Å²) in [5.41, 5.74) is -4.57. The van der Waals surface area contributed by atoms with E-state index in [0.717, 1.165) is 31.2 Å². The van der Waals surface area contributed by atoms with Gasteiger partial charge in [-0.25, -0.2) is 0 Å². The summed E-state index contributed by atoms with van der Waals surface area (Å²) >= 11 is 5.85. The van der Waals surface area contributed by atoms with E-state index in [2.05, 4.69) is 4.18 Å². The van der Waals surface area contributed by atoms with Crippen molar-refractivity contribution in [2.24, 2.45) is 0 Å². The Labute approximate surface area is 126 Å². The van der Waals surface area contributed by atoms with Crippen LogP contribution in [0.4, 0.5) is 13.2 Å². The third-order valence-corrected chi connectivity index (χ3v) is 4.78. The highest BCUT2D eigenvalue weighted by Gasteiger charge is 2.48. The minimum absolute atomic E-state index is 0.133. The van der Waals surface area contributed by atoms with Gasteiger partial charge in [-0.1, -0.05) is 36.9 Å². The molecule has 0 spiro atoms. The van der Waals surface area contributed by atoms with Crippen LogP contribution in [-0.2, 0) is 10.1 Å². The SMILES string of the molecule is O=S(=O)(Oc1ccc(C2CCCCC2)cc1Cl)C(F)(F)F. The molecule has 0 heterocycles. The van der Waals surface area contributed by atoms with Gasteiger partial charge in [-0.2, -0.15) is 21.6 Å². The minimum atomic E-state index is -5.70. The van der Waals surface area contributed by atoms with Crippen molar-refractivity contribution >= 4 is 21.7 Å². The first-order valence-corrected chi connectivity index (χ1v) is 8.29. The molecule has 0 atom stereocenters. The average molecular weight is 343 g/mol. The molecule has 0 aromatic heterocycles. The maximum atomic E-state index is 12.3. The minimum Gasteiger partial charge on any atom is -0.374 e. The Morgan fingerprint density at radius 2 is 1.76 bits per heavy atom. The smallest absolute Gasteiger partial charge is 0.374 e. The molecule has 1 saturated carbocycles. The van der Waals surface area contributed by atoms with E-state index in [1.165, 1.54) is 18.6 Å². The molecule has 0 saturated heterocycles. The summed E-state index contributed by atoms with van der Waals surface area (Å²) in [6.07, 6.45) is 5.37. The number of rotatable bonds is 3. The lowest BCUT2D eigenvalue weighted by molar-refractivity contribution is -0.0500. The van der Waals surface area contributed by atoms with Gasteiger partial charge in [0.2, 0.25) is 0 Å². The highest BCUT2D eigenvalue weighted by atomic mass is 35.5. The molecule has 1 aliphatic carbocycles. The van der Waals surface area contributed by atoms with Crippen molar-refractivity contribution in [2.75, 3.05) is 0 Å². The summed E-state index contributed by atoms with van der Waals surface area (Å²) in [5, 5.41) is -0.133. The third kappa shape index (κ3) is 3.83. The van der Waals surface area contributed by atoms with Crippen LogP contribution in [0.2, 0.25) is 5.02 Å². The average Bonchev–Trinajstić information content (AvgIpc) is 2.40. The van der Waals surface area contributed by atoms with Crippen molar-refractivity contribution in [1.29, 1.82) is 0 Å². The van der Waals surface area contributed by atoms with E-state index in [0.29, 0.717) is 5.92 Å². The van der Waals surface area contributed by atoms with Crippen molar-refractivity contribution < 1.29 is 25.8 Å². The van der Waals surface area contributed by atoms with Crippen molar-refractivity contribution in [1.82, 2.24) is 0 Å². The van der Waals surface area contributed by atoms with Crippen LogP contribution in [0, 0.1) is 0 Å². The molecular formula is C13H14ClF3O3S. The Balaban J connectivity index is 2.20. The molecule has 118 valence electrons. The number of hydrogen-bond acceptors (Lipinski definition) is 3. The lowest BCUT2D eigenvalue weighted by Gasteiger charge is -2.22. The van der Waals surface area contributed by atoms with Gasteiger partial charge >= 0.3 is 15.6 Å². The monoisotopic (exact) mass is 342 g/mol. The first-order chi connectivity index (χ1) is 9.71. The molecule has 0 N–H and O–H groups in total. The molecule has 0 radical (unpaired) electrons. The van der Waals surface area contributed by atoms with Crippen LogP contribution in [0.5, 0.6) is 5.75 Å². The highest BCUT2D eigenvalue weighted by molar-refractivity contribution is 7.88. The molecule has 0 amide bonds. The fourth-order valence-electron chi connectivity index (χ4n) is 2.44. The molecule has 3 nitrogen and oxygen atoms in total. The van der Waals surface area contributed by atoms with E-state index in [9.17, 15) is 21.6 Å². The summed E-state index contributed by atoms with van der Waals surface area (Å²) in [4.78, 5) is 0. The molecule has 8 heteroatoms. The summed E-state index contributed by atoms with van der Waals surface area (Å²) in [5.74, 6) is -0.196. The van der Waals surface area contributed by atoms with Gasteiger partial charge < -0.3 is 4.18 Å². The van der Waals surface area contributed by atoms with Crippen LogP contribution in [0.15, 0.2) is 18.2 Å². The van der Waals surface area contributed by atoms with Gasteiger partial charge in [0.05, 0.1) is 5.02 Å². The van der Waals surface area contributed by atoms with Gasteiger partial charge in [0.15, 0.2) is 5.75 Å². The van der Waals surface area contributed by atoms with E-state index in [-0.39, 0.29) is 5.02 Å². The predicted octanol–water partition coefficient (Wildman–Crippen LogP) is 4.62. The van der Waals surface area contributed by atoms with Crippen LogP contribution < -0.4 is 4.18 Å². The van der Waals surface area contributed by atoms with E-state index in [1.807, 2.05) is 0 Å². The topological polar surface area (TPSA) is 43.4 Å². The third-order valence-electron chi connectivity index (χ3n) is 3.52. The Kier molecular flexibility index (Phi) is 4.72. The molecule has 0 unspecified atom stereocenters. The highest BCUT2D eigenvalue weighted by Crippen LogP contribution is 2.37. The Bertz CT molecular complexity index is 608. The quantitative estimate of drug-likeness (QED) is 0.595. The van der Waals surface area contributed by atoms with Crippen molar-refractivity contribution in [3.63, 3.8) is 0 Å². The number of benzene rings is 1. The normalized spacial score (nSPS) is 17.7. The maximum absolute atomic E-state index is 12.3. The first-order valence-electron chi connectivity index (χ1n) is 6.51. The van der Waals surface area contributed by atoms with Gasteiger partial charge in [0.1, 0.15) is 0 Å². The zero-order chi connectivity index (χ0) is 15.7. The lowest BCUT2D eigenvalue weighted by Crippen LogP contribution is -2.28. The zero-order valence-corrected chi connectivity index (χ0v) is 12.6. The predicted molar refractivity (Wildman–Crippen MR) is 72.9 cm³/mol. The summed E-state index contributed by atoms with van der Waals surface area (Å²) in [7, 11) is -5.70. The van der Waals surface area contributed by atoms with E-state index in [1.54, 1.807) is 6.07 Å². The van der Waals surface area contributed by atoms with E-state index >= 15 is 0 Å². The molecule has 0 aliphatic heterocycles. The molecule has 21 heavy (non-hydrogen) atoms. The second kappa shape index (κ2) is 6.04. The van der Waals surface area contributed by atoms with Crippen molar-refractivity contribution in [3.8, 4) is 5.75 Å². The Morgan fingerprint density at radius 3 is 2.29 bits per heavy atom. The second-order valence-corrected chi connectivity index (χ2v) is 6.95. The molecule has 0 bridgehead atoms. The van der Waals surface area contributed by atoms with Gasteiger partial charge in [-0.15, -0.1) is 0 Å². The van der Waals surface area contributed by atoms with Crippen LogP contribution in [0.3, 0.4) is 0 Å². The Morgan fingerprint density at radius 1 is 1.14 bits per heavy atom. The molecule has 1 aliphatic rings. The summed E-state index contributed by atoms with van der Waals surface area (Å²) in [6, 6.07) is 4.23. The molecule has 2 rings (SSSR count). The molecule has 1 fully saturated rings. The van der Waals surface area contributed by atoms with Gasteiger partial charge in [-0.3, -0.25) is 0 Å². The van der Waals surface area contributed by atoms with Crippen LogP contribution >= 0.6 is 11.6 Å². The first kappa shape index (κ1) is 16.4. The largest absolute Gasteiger partial charge is 0.534 e. The molecular weight excluding hydrogens is 329 g/mol. The number of halogens is 4. The standard InChI is InChI=1S/C13H14ClF3O3S/c14-11-8-10(9-4-2-1-3-5-9)6-7-12(11)20-21(18,19)13(15,16)17/h6-9H,1-5H2.